The van der Waals surface area contributed by atoms with E-state index in [1.165, 1.54) is 10.2 Å². The van der Waals surface area contributed by atoms with Crippen LogP contribution in [0.5, 0.6) is 0 Å². The Hall–Kier alpha value is -1.93. The average Bonchev–Trinajstić information content (AvgIpc) is 3.05. The first-order chi connectivity index (χ1) is 11.7. The van der Waals surface area contributed by atoms with Crippen LogP contribution in [0, 0.1) is 6.92 Å². The van der Waals surface area contributed by atoms with Crippen molar-refractivity contribution in [3.8, 4) is 0 Å². The summed E-state index contributed by atoms with van der Waals surface area (Å²) in [6.45, 7) is 2.85. The largest absolute Gasteiger partial charge is 0.377 e. The number of anilines is 1. The lowest BCUT2D eigenvalue weighted by Crippen LogP contribution is -2.37. The minimum Gasteiger partial charge on any atom is -0.377 e. The summed E-state index contributed by atoms with van der Waals surface area (Å²) in [5, 5.41) is 16.4. The van der Waals surface area contributed by atoms with E-state index in [2.05, 4.69) is 26.7 Å². The number of fused-ring (bicyclic) bond motifs is 1. The van der Waals surface area contributed by atoms with E-state index in [4.69, 9.17) is 4.74 Å². The predicted octanol–water partition coefficient (Wildman–Crippen LogP) is 1.18. The summed E-state index contributed by atoms with van der Waals surface area (Å²) in [6, 6.07) is 5.14. The number of hydrogen-bond donors (Lipinski definition) is 1. The Morgan fingerprint density at radius 1 is 1.33 bits per heavy atom. The van der Waals surface area contributed by atoms with E-state index in [1.54, 1.807) is 12.1 Å². The summed E-state index contributed by atoms with van der Waals surface area (Å²) >= 11 is 1.91. The lowest BCUT2D eigenvalue weighted by Gasteiger charge is -2.21. The van der Waals surface area contributed by atoms with Gasteiger partial charge in [-0.25, -0.2) is 4.68 Å². The molecule has 0 bridgehead atoms. The molecule has 0 saturated carbocycles. The summed E-state index contributed by atoms with van der Waals surface area (Å²) in [7, 11) is 0. The highest BCUT2D eigenvalue weighted by Crippen LogP contribution is 2.26. The number of nitrogens with zero attached hydrogens (tertiary/aromatic N) is 4. The number of thioether (sulfide) groups is 1. The Morgan fingerprint density at radius 3 is 3.17 bits per heavy atom. The second kappa shape index (κ2) is 6.52. The fraction of sp³-hybridized carbons (Fsp3) is 0.500. The summed E-state index contributed by atoms with van der Waals surface area (Å²) in [4.78, 5) is 12.1. The number of aryl methyl sites for hydroxylation is 2. The van der Waals surface area contributed by atoms with Gasteiger partial charge in [0.1, 0.15) is 11.9 Å². The monoisotopic (exact) mass is 345 g/mol. The van der Waals surface area contributed by atoms with Gasteiger partial charge in [0.15, 0.2) is 0 Å². The standard InChI is InChI=1S/C16H19N5O2S/c1-10-2-3-16(22)21(20-10)14-8-23-7-13(14)17-15-6-11-9-24-5-4-12(11)18-19-15/h2-3,6,13-14H,4-5,7-9H2,1H3,(H,17,19). The van der Waals surface area contributed by atoms with E-state index in [0.29, 0.717) is 13.2 Å². The van der Waals surface area contributed by atoms with Crippen LogP contribution in [0.4, 0.5) is 5.82 Å². The molecule has 1 fully saturated rings. The third-order valence-electron chi connectivity index (χ3n) is 4.36. The van der Waals surface area contributed by atoms with Gasteiger partial charge in [0.25, 0.3) is 5.56 Å². The molecule has 24 heavy (non-hydrogen) atoms. The molecular formula is C16H19N5O2S. The molecule has 0 spiro atoms. The summed E-state index contributed by atoms with van der Waals surface area (Å²) in [5.74, 6) is 2.82. The Morgan fingerprint density at radius 2 is 2.25 bits per heavy atom. The zero-order chi connectivity index (χ0) is 16.5. The number of aromatic nitrogens is 4. The van der Waals surface area contributed by atoms with Crippen molar-refractivity contribution in [3.63, 3.8) is 0 Å². The lowest BCUT2D eigenvalue weighted by molar-refractivity contribution is 0.182. The molecule has 4 rings (SSSR count). The molecule has 2 atom stereocenters. The Labute approximate surface area is 143 Å². The Balaban J connectivity index is 1.57. The molecule has 2 aromatic rings. The van der Waals surface area contributed by atoms with Crippen LogP contribution in [-0.2, 0) is 16.9 Å². The fourth-order valence-corrected chi connectivity index (χ4v) is 4.03. The number of rotatable bonds is 3. The van der Waals surface area contributed by atoms with E-state index in [1.807, 2.05) is 18.7 Å². The third kappa shape index (κ3) is 3.03. The molecule has 2 aliphatic rings. The van der Waals surface area contributed by atoms with Crippen LogP contribution in [0.3, 0.4) is 0 Å². The van der Waals surface area contributed by atoms with Gasteiger partial charge in [-0.05, 0) is 30.4 Å². The molecule has 1 N–H and O–H groups in total. The minimum absolute atomic E-state index is 0.0550. The molecular weight excluding hydrogens is 326 g/mol. The van der Waals surface area contributed by atoms with Crippen molar-refractivity contribution in [2.75, 3.05) is 24.3 Å². The molecule has 1 saturated heterocycles. The summed E-state index contributed by atoms with van der Waals surface area (Å²) < 4.78 is 7.10. The highest BCUT2D eigenvalue weighted by molar-refractivity contribution is 7.98. The van der Waals surface area contributed by atoms with Crippen LogP contribution in [0.1, 0.15) is 23.0 Å². The van der Waals surface area contributed by atoms with Crippen molar-refractivity contribution in [1.29, 1.82) is 0 Å². The molecule has 0 radical (unpaired) electrons. The van der Waals surface area contributed by atoms with Crippen LogP contribution in [0.15, 0.2) is 23.0 Å². The quantitative estimate of drug-likeness (QED) is 0.894. The number of ether oxygens (including phenoxy) is 1. The number of hydrogen-bond acceptors (Lipinski definition) is 7. The molecule has 2 aromatic heterocycles. The van der Waals surface area contributed by atoms with Gasteiger partial charge in [0.05, 0.1) is 30.6 Å². The Bertz CT molecular complexity index is 809. The van der Waals surface area contributed by atoms with E-state index in [-0.39, 0.29) is 17.6 Å². The van der Waals surface area contributed by atoms with Gasteiger partial charge in [0, 0.05) is 18.2 Å². The minimum atomic E-state index is -0.149. The number of nitrogens with one attached hydrogen (secondary N) is 1. The van der Waals surface area contributed by atoms with E-state index >= 15 is 0 Å². The van der Waals surface area contributed by atoms with Crippen LogP contribution in [0.2, 0.25) is 0 Å². The SMILES string of the molecule is Cc1ccc(=O)n(C2COCC2Nc2cc3c(nn2)CCSC3)n1. The third-order valence-corrected chi connectivity index (χ3v) is 5.37. The van der Waals surface area contributed by atoms with E-state index in [9.17, 15) is 4.79 Å². The van der Waals surface area contributed by atoms with Crippen molar-refractivity contribution in [1.82, 2.24) is 20.0 Å². The van der Waals surface area contributed by atoms with Crippen molar-refractivity contribution in [2.45, 2.75) is 31.2 Å². The van der Waals surface area contributed by atoms with Crippen LogP contribution < -0.4 is 10.9 Å². The van der Waals surface area contributed by atoms with Gasteiger partial charge >= 0.3 is 0 Å². The van der Waals surface area contributed by atoms with Gasteiger partial charge < -0.3 is 10.1 Å². The smallest absolute Gasteiger partial charge is 0.267 e. The van der Waals surface area contributed by atoms with Gasteiger partial charge in [-0.3, -0.25) is 4.79 Å². The van der Waals surface area contributed by atoms with Crippen LogP contribution in [-0.4, -0.2) is 45.0 Å². The summed E-state index contributed by atoms with van der Waals surface area (Å²) in [6.07, 6.45) is 0.977. The van der Waals surface area contributed by atoms with Gasteiger partial charge in [-0.2, -0.15) is 22.0 Å². The second-order valence-corrected chi connectivity index (χ2v) is 7.22. The average molecular weight is 345 g/mol. The van der Waals surface area contributed by atoms with E-state index < -0.39 is 0 Å². The van der Waals surface area contributed by atoms with Gasteiger partial charge in [0.2, 0.25) is 0 Å². The lowest BCUT2D eigenvalue weighted by atomic mass is 10.1. The highest BCUT2D eigenvalue weighted by Gasteiger charge is 2.32. The predicted molar refractivity (Wildman–Crippen MR) is 92.4 cm³/mol. The molecule has 0 amide bonds. The van der Waals surface area contributed by atoms with Crippen molar-refractivity contribution in [3.05, 3.63) is 45.5 Å². The maximum Gasteiger partial charge on any atom is 0.267 e. The zero-order valence-corrected chi connectivity index (χ0v) is 14.3. The molecule has 8 heteroatoms. The molecule has 0 aliphatic carbocycles. The maximum absolute atomic E-state index is 12.1. The first-order valence-electron chi connectivity index (χ1n) is 8.05. The maximum atomic E-state index is 12.1. The van der Waals surface area contributed by atoms with Gasteiger partial charge in [-0.1, -0.05) is 0 Å². The topological polar surface area (TPSA) is 81.9 Å². The van der Waals surface area contributed by atoms with Crippen molar-refractivity contribution in [2.24, 2.45) is 0 Å². The summed E-state index contributed by atoms with van der Waals surface area (Å²) in [5.41, 5.74) is 3.03. The molecule has 7 nitrogen and oxygen atoms in total. The van der Waals surface area contributed by atoms with Crippen LogP contribution >= 0.6 is 11.8 Å². The molecule has 2 unspecified atom stereocenters. The molecule has 126 valence electrons. The molecule has 4 heterocycles. The first kappa shape index (κ1) is 15.6. The first-order valence-corrected chi connectivity index (χ1v) is 9.20. The van der Waals surface area contributed by atoms with Crippen LogP contribution in [0.25, 0.3) is 0 Å². The normalized spacial score (nSPS) is 23.0. The second-order valence-electron chi connectivity index (χ2n) is 6.12. The molecule has 0 aromatic carbocycles. The van der Waals surface area contributed by atoms with Crippen molar-refractivity contribution < 1.29 is 4.74 Å². The fourth-order valence-electron chi connectivity index (χ4n) is 3.08. The Kier molecular flexibility index (Phi) is 4.24. The van der Waals surface area contributed by atoms with Crippen molar-refractivity contribution >= 4 is 17.6 Å². The van der Waals surface area contributed by atoms with E-state index in [0.717, 1.165) is 35.1 Å². The highest BCUT2D eigenvalue weighted by atomic mass is 32.2. The molecule has 2 aliphatic heterocycles. The zero-order valence-electron chi connectivity index (χ0n) is 13.4. The van der Waals surface area contributed by atoms with Gasteiger partial charge in [-0.15, -0.1) is 5.10 Å².